The monoisotopic (exact) mass is 332 g/mol. The van der Waals surface area contributed by atoms with Crippen LogP contribution in [0.25, 0.3) is 0 Å². The minimum Gasteiger partial charge on any atom is -0.494 e. The van der Waals surface area contributed by atoms with E-state index in [1.807, 2.05) is 88.4 Å². The summed E-state index contributed by atoms with van der Waals surface area (Å²) < 4.78 is 10.7. The molecule has 0 spiro atoms. The van der Waals surface area contributed by atoms with E-state index in [9.17, 15) is 0 Å². The van der Waals surface area contributed by atoms with E-state index in [0.29, 0.717) is 0 Å². The lowest BCUT2D eigenvalue weighted by molar-refractivity contribution is 0.317. The normalized spacial score (nSPS) is 8.25. The zero-order valence-electron chi connectivity index (χ0n) is 16.4. The predicted molar refractivity (Wildman–Crippen MR) is 107 cm³/mol. The Morgan fingerprint density at radius 3 is 1.08 bits per heavy atom. The van der Waals surface area contributed by atoms with Crippen molar-refractivity contribution in [2.24, 2.45) is 0 Å². The Hall–Kier alpha value is -1.96. The molecule has 0 aliphatic heterocycles. The largest absolute Gasteiger partial charge is 0.494 e. The van der Waals surface area contributed by atoms with Crippen LogP contribution in [0.2, 0.25) is 0 Å². The SMILES string of the molecule is CC.CC.CCCOc1ccccc1.CCCOc1ccccc1. The fourth-order valence-electron chi connectivity index (χ4n) is 1.47. The van der Waals surface area contributed by atoms with Crippen LogP contribution in [0.3, 0.4) is 0 Å². The first kappa shape index (κ1) is 24.3. The fourth-order valence-corrected chi connectivity index (χ4v) is 1.47. The first-order chi connectivity index (χ1) is 11.9. The summed E-state index contributed by atoms with van der Waals surface area (Å²) in [5.74, 6) is 1.92. The van der Waals surface area contributed by atoms with Crippen molar-refractivity contribution in [3.05, 3.63) is 60.7 Å². The highest BCUT2D eigenvalue weighted by Crippen LogP contribution is 2.08. The Kier molecular flexibility index (Phi) is 21.3. The van der Waals surface area contributed by atoms with Crippen LogP contribution in [0.15, 0.2) is 60.7 Å². The van der Waals surface area contributed by atoms with Gasteiger partial charge in [0.2, 0.25) is 0 Å². The Labute approximate surface area is 149 Å². The van der Waals surface area contributed by atoms with Gasteiger partial charge in [0.15, 0.2) is 0 Å². The number of para-hydroxylation sites is 2. The van der Waals surface area contributed by atoms with Crippen molar-refractivity contribution in [3.8, 4) is 11.5 Å². The van der Waals surface area contributed by atoms with Gasteiger partial charge >= 0.3 is 0 Å². The molecular weight excluding hydrogens is 296 g/mol. The topological polar surface area (TPSA) is 18.5 Å². The van der Waals surface area contributed by atoms with Crippen LogP contribution in [0.5, 0.6) is 11.5 Å². The van der Waals surface area contributed by atoms with Gasteiger partial charge < -0.3 is 9.47 Å². The summed E-state index contributed by atoms with van der Waals surface area (Å²) in [5, 5.41) is 0. The zero-order valence-corrected chi connectivity index (χ0v) is 16.4. The molecule has 0 aliphatic carbocycles. The van der Waals surface area contributed by atoms with Gasteiger partial charge in [-0.1, -0.05) is 77.9 Å². The van der Waals surface area contributed by atoms with Gasteiger partial charge in [0.05, 0.1) is 13.2 Å². The summed E-state index contributed by atoms with van der Waals surface area (Å²) in [4.78, 5) is 0. The van der Waals surface area contributed by atoms with Crippen molar-refractivity contribution >= 4 is 0 Å². The predicted octanol–water partition coefficient (Wildman–Crippen LogP) is 7.00. The third kappa shape index (κ3) is 15.0. The molecule has 2 rings (SSSR count). The van der Waals surface area contributed by atoms with E-state index in [0.717, 1.165) is 37.6 Å². The summed E-state index contributed by atoms with van der Waals surface area (Å²) in [5.41, 5.74) is 0. The number of ether oxygens (including phenoxy) is 2. The lowest BCUT2D eigenvalue weighted by Gasteiger charge is -2.01. The summed E-state index contributed by atoms with van der Waals surface area (Å²) in [6.45, 7) is 13.8. The first-order valence-corrected chi connectivity index (χ1v) is 9.22. The van der Waals surface area contributed by atoms with Crippen molar-refractivity contribution in [1.29, 1.82) is 0 Å². The summed E-state index contributed by atoms with van der Waals surface area (Å²) in [6.07, 6.45) is 2.13. The molecule has 0 aliphatic rings. The van der Waals surface area contributed by atoms with Gasteiger partial charge in [-0.05, 0) is 37.1 Å². The molecule has 2 aromatic rings. The maximum atomic E-state index is 5.36. The van der Waals surface area contributed by atoms with Crippen molar-refractivity contribution in [1.82, 2.24) is 0 Å². The van der Waals surface area contributed by atoms with E-state index in [2.05, 4.69) is 13.8 Å². The smallest absolute Gasteiger partial charge is 0.119 e. The molecule has 24 heavy (non-hydrogen) atoms. The maximum Gasteiger partial charge on any atom is 0.119 e. The van der Waals surface area contributed by atoms with Crippen molar-refractivity contribution < 1.29 is 9.47 Å². The van der Waals surface area contributed by atoms with E-state index >= 15 is 0 Å². The molecule has 136 valence electrons. The van der Waals surface area contributed by atoms with Crippen LogP contribution in [0.1, 0.15) is 54.4 Å². The fraction of sp³-hybridized carbons (Fsp3) is 0.455. The average molecular weight is 333 g/mol. The number of hydrogen-bond acceptors (Lipinski definition) is 2. The third-order valence-electron chi connectivity index (χ3n) is 2.43. The van der Waals surface area contributed by atoms with Gasteiger partial charge in [-0.3, -0.25) is 0 Å². The van der Waals surface area contributed by atoms with Gasteiger partial charge in [-0.15, -0.1) is 0 Å². The van der Waals surface area contributed by atoms with E-state index in [4.69, 9.17) is 9.47 Å². The van der Waals surface area contributed by atoms with Crippen LogP contribution in [-0.2, 0) is 0 Å². The minimum absolute atomic E-state index is 0.810. The number of hydrogen-bond donors (Lipinski definition) is 0. The second kappa shape index (κ2) is 21.0. The Morgan fingerprint density at radius 2 is 0.833 bits per heavy atom. The summed E-state index contributed by atoms with van der Waals surface area (Å²) in [6, 6.07) is 19.8. The number of rotatable bonds is 6. The lowest BCUT2D eigenvalue weighted by atomic mass is 10.3. The van der Waals surface area contributed by atoms with E-state index in [1.165, 1.54) is 0 Å². The van der Waals surface area contributed by atoms with Gasteiger partial charge in [-0.25, -0.2) is 0 Å². The summed E-state index contributed by atoms with van der Waals surface area (Å²) in [7, 11) is 0. The molecule has 0 saturated heterocycles. The van der Waals surface area contributed by atoms with Crippen LogP contribution in [0, 0.1) is 0 Å². The minimum atomic E-state index is 0.810. The molecule has 0 saturated carbocycles. The highest BCUT2D eigenvalue weighted by Gasteiger charge is 1.87. The zero-order chi connectivity index (χ0) is 18.5. The van der Waals surface area contributed by atoms with Gasteiger partial charge in [-0.2, -0.15) is 0 Å². The second-order valence-corrected chi connectivity index (χ2v) is 4.32. The Morgan fingerprint density at radius 1 is 0.542 bits per heavy atom. The van der Waals surface area contributed by atoms with E-state index in [-0.39, 0.29) is 0 Å². The molecule has 0 bridgehead atoms. The number of benzene rings is 2. The van der Waals surface area contributed by atoms with Crippen LogP contribution in [-0.4, -0.2) is 13.2 Å². The maximum absolute atomic E-state index is 5.36. The molecule has 2 aromatic carbocycles. The van der Waals surface area contributed by atoms with E-state index in [1.54, 1.807) is 0 Å². The van der Waals surface area contributed by atoms with Crippen LogP contribution >= 0.6 is 0 Å². The molecule has 0 heterocycles. The molecule has 0 fully saturated rings. The molecule has 0 unspecified atom stereocenters. The van der Waals surface area contributed by atoms with Crippen LogP contribution in [0.4, 0.5) is 0 Å². The standard InChI is InChI=1S/2C9H12O.2C2H6/c2*1-2-8-10-9-6-4-3-5-7-9;2*1-2/h2*3-7H,2,8H2,1H3;2*1-2H3. The first-order valence-electron chi connectivity index (χ1n) is 9.22. The molecule has 2 heteroatoms. The van der Waals surface area contributed by atoms with Crippen LogP contribution < -0.4 is 9.47 Å². The highest BCUT2D eigenvalue weighted by atomic mass is 16.5. The van der Waals surface area contributed by atoms with Crippen molar-refractivity contribution in [2.45, 2.75) is 54.4 Å². The summed E-state index contributed by atoms with van der Waals surface area (Å²) >= 11 is 0. The second-order valence-electron chi connectivity index (χ2n) is 4.32. The molecule has 0 aromatic heterocycles. The molecular formula is C22H36O2. The molecule has 0 N–H and O–H groups in total. The van der Waals surface area contributed by atoms with E-state index < -0.39 is 0 Å². The average Bonchev–Trinajstić information content (AvgIpc) is 2.70. The third-order valence-corrected chi connectivity index (χ3v) is 2.43. The lowest BCUT2D eigenvalue weighted by Crippen LogP contribution is -1.93. The van der Waals surface area contributed by atoms with Gasteiger partial charge in [0.1, 0.15) is 11.5 Å². The Bertz CT molecular complexity index is 383. The highest BCUT2D eigenvalue weighted by molar-refractivity contribution is 5.21. The molecule has 0 amide bonds. The van der Waals surface area contributed by atoms with Gasteiger partial charge in [0.25, 0.3) is 0 Å². The van der Waals surface area contributed by atoms with Crippen molar-refractivity contribution in [2.75, 3.05) is 13.2 Å². The van der Waals surface area contributed by atoms with Gasteiger partial charge in [0, 0.05) is 0 Å². The quantitative estimate of drug-likeness (QED) is 0.566. The molecule has 2 nitrogen and oxygen atoms in total. The molecule has 0 atom stereocenters. The Balaban J connectivity index is 0. The van der Waals surface area contributed by atoms with Crippen molar-refractivity contribution in [3.63, 3.8) is 0 Å². The molecule has 0 radical (unpaired) electrons.